The number of rotatable bonds is 10. The van der Waals surface area contributed by atoms with Crippen LogP contribution in [0.1, 0.15) is 84.5 Å². The lowest BCUT2D eigenvalue weighted by Gasteiger charge is -2.76. The van der Waals surface area contributed by atoms with Crippen molar-refractivity contribution < 1.29 is 75.8 Å². The minimum atomic E-state index is -2.21. The molecule has 3 aliphatic heterocycles. The van der Waals surface area contributed by atoms with E-state index >= 15 is 0 Å². The van der Waals surface area contributed by atoms with Crippen molar-refractivity contribution in [2.45, 2.75) is 121 Å². The summed E-state index contributed by atoms with van der Waals surface area (Å²) in [4.78, 5) is 83.5. The van der Waals surface area contributed by atoms with Gasteiger partial charge in [-0.2, -0.15) is 0 Å². The Morgan fingerprint density at radius 2 is 1.54 bits per heavy atom. The van der Waals surface area contributed by atoms with Gasteiger partial charge in [-0.15, -0.1) is 0 Å². The lowest BCUT2D eigenvalue weighted by Crippen LogP contribution is -2.95. The van der Waals surface area contributed by atoms with Crippen LogP contribution in [0, 0.1) is 34.0 Å². The van der Waals surface area contributed by atoms with Gasteiger partial charge in [0.1, 0.15) is 17.5 Å². The topological polar surface area (TPSA) is 199 Å². The highest BCUT2D eigenvalue weighted by Gasteiger charge is 3.07. The fourth-order valence-electron chi connectivity index (χ4n) is 12.9. The van der Waals surface area contributed by atoms with Gasteiger partial charge in [0.05, 0.1) is 56.5 Å². The molecule has 16 nitrogen and oxygen atoms in total. The SMILES string of the molecule is COC(=O)C[C@H]1C2(C)[C@@]34C[C@]1(C)[C@H](OC(=O)C(C)C)[C@@]3(OC(C)=O)[C@@H](OC(C)=O)[C@]13O[C@@](C)(O4)O[C@]21[C@H]1C[C@@](C(=O)c2ccoc2)(CO1)[C@@H]3CC(=O)OC. The van der Waals surface area contributed by atoms with E-state index in [1.807, 2.05) is 13.8 Å². The maximum atomic E-state index is 15.0. The fraction of sp³-hybridized carbons (Fsp3) is 0.737. The third kappa shape index (κ3) is 3.83. The van der Waals surface area contributed by atoms with Crippen LogP contribution >= 0.6 is 0 Å². The van der Waals surface area contributed by atoms with Crippen molar-refractivity contribution in [3.8, 4) is 0 Å². The van der Waals surface area contributed by atoms with Gasteiger partial charge in [0.2, 0.25) is 5.60 Å². The van der Waals surface area contributed by atoms with E-state index in [4.69, 9.17) is 47.0 Å². The number of Topliss-reactive ketones (excluding diaryl/α,β-unsaturated/α-hetero) is 1. The number of ether oxygens (including phenoxy) is 9. The maximum Gasteiger partial charge on any atom is 0.308 e. The van der Waals surface area contributed by atoms with Crippen LogP contribution in [0.5, 0.6) is 0 Å². The molecule has 1 aromatic heterocycles. The molecule has 0 radical (unpaired) electrons. The van der Waals surface area contributed by atoms with E-state index in [9.17, 15) is 28.8 Å². The van der Waals surface area contributed by atoms with Gasteiger partial charge in [0, 0.05) is 43.9 Å². The molecule has 294 valence electrons. The molecule has 1 unspecified atom stereocenters. The highest BCUT2D eigenvalue weighted by atomic mass is 16.9. The summed E-state index contributed by atoms with van der Waals surface area (Å²) in [6.45, 7) is 10.6. The van der Waals surface area contributed by atoms with Gasteiger partial charge in [0.15, 0.2) is 23.6 Å². The first-order valence-electron chi connectivity index (χ1n) is 18.3. The predicted molar refractivity (Wildman–Crippen MR) is 176 cm³/mol. The molecule has 3 saturated heterocycles. The second-order valence-electron chi connectivity index (χ2n) is 16.9. The first-order valence-corrected chi connectivity index (χ1v) is 18.3. The second kappa shape index (κ2) is 11.1. The largest absolute Gasteiger partial charge is 0.472 e. The van der Waals surface area contributed by atoms with Gasteiger partial charge in [-0.1, -0.05) is 27.7 Å². The Hall–Kier alpha value is -3.86. The monoisotopic (exact) mass is 758 g/mol. The van der Waals surface area contributed by atoms with Crippen molar-refractivity contribution in [2.24, 2.45) is 34.0 Å². The lowest BCUT2D eigenvalue weighted by molar-refractivity contribution is -0.483. The smallest absolute Gasteiger partial charge is 0.308 e. The molecule has 2 spiro atoms. The molecule has 54 heavy (non-hydrogen) atoms. The zero-order chi connectivity index (χ0) is 39.2. The van der Waals surface area contributed by atoms with E-state index in [0.29, 0.717) is 0 Å². The fourth-order valence-corrected chi connectivity index (χ4v) is 12.9. The standard InChI is InChI=1S/C38H46O16/c1-18(2)28(44)50-29-31(5)16-35-32(6,22(31)12-25(41)45-8)38-24-14-34(17-48-24,27(43)21-10-11-47-15-21)23(13-26(42)46-9)36(38,53-33(7,52-35)54-38)30(49-19(3)39)37(29,35)51-20(4)40/h10-11,15,18,22-24,29-30H,12-14,16-17H2,1-9H3/t22-,23+,24-,29+,30+,31+,32?,33-,34-,35+,36+,37-,38-/m1/s1. The van der Waals surface area contributed by atoms with Crippen molar-refractivity contribution in [1.82, 2.24) is 0 Å². The number of carbonyl (C=O) groups is 6. The second-order valence-corrected chi connectivity index (χ2v) is 16.9. The van der Waals surface area contributed by atoms with Gasteiger partial charge in [-0.3, -0.25) is 28.8 Å². The number of hydrogen-bond donors (Lipinski definition) is 0. The summed E-state index contributed by atoms with van der Waals surface area (Å²) in [5.74, 6) is -8.95. The number of hydrogen-bond acceptors (Lipinski definition) is 16. The Morgan fingerprint density at radius 3 is 2.11 bits per heavy atom. The average molecular weight is 759 g/mol. The van der Waals surface area contributed by atoms with E-state index in [1.54, 1.807) is 13.8 Å². The van der Waals surface area contributed by atoms with Crippen LogP contribution in [0.25, 0.3) is 0 Å². The van der Waals surface area contributed by atoms with Crippen LogP contribution in [0.3, 0.4) is 0 Å². The van der Waals surface area contributed by atoms with Gasteiger partial charge in [-0.05, 0) is 24.8 Å². The third-order valence-corrected chi connectivity index (χ3v) is 14.2. The molecule has 7 aliphatic rings. The Bertz CT molecular complexity index is 1860. The quantitative estimate of drug-likeness (QED) is 0.192. The van der Waals surface area contributed by atoms with Crippen LogP contribution in [0.15, 0.2) is 23.0 Å². The van der Waals surface area contributed by atoms with Crippen molar-refractivity contribution in [1.29, 1.82) is 0 Å². The van der Waals surface area contributed by atoms with Crippen molar-refractivity contribution >= 4 is 35.6 Å². The van der Waals surface area contributed by atoms with Crippen molar-refractivity contribution in [3.05, 3.63) is 24.2 Å². The normalized spacial score (nSPS) is 46.9. The lowest BCUT2D eigenvalue weighted by atomic mass is 9.33. The average Bonchev–Trinajstić information content (AvgIpc) is 3.89. The molecule has 6 bridgehead atoms. The van der Waals surface area contributed by atoms with Gasteiger partial charge >= 0.3 is 29.8 Å². The number of furan rings is 1. The van der Waals surface area contributed by atoms with E-state index < -0.39 is 123 Å². The summed E-state index contributed by atoms with van der Waals surface area (Å²) >= 11 is 0. The summed E-state index contributed by atoms with van der Waals surface area (Å²) < 4.78 is 63.5. The van der Waals surface area contributed by atoms with Crippen LogP contribution in [-0.4, -0.2) is 103 Å². The third-order valence-electron chi connectivity index (χ3n) is 14.2. The first-order chi connectivity index (χ1) is 25.3. The highest BCUT2D eigenvalue weighted by molar-refractivity contribution is 6.01. The van der Waals surface area contributed by atoms with E-state index in [0.717, 1.165) is 6.92 Å². The molecule has 0 aromatic carbocycles. The molecule has 0 N–H and O–H groups in total. The number of carbonyl (C=O) groups excluding carboxylic acids is 6. The number of methoxy groups -OCH3 is 2. The summed E-state index contributed by atoms with van der Waals surface area (Å²) in [7, 11) is 2.46. The maximum absolute atomic E-state index is 15.0. The molecule has 4 saturated carbocycles. The van der Waals surface area contributed by atoms with E-state index in [-0.39, 0.29) is 31.4 Å². The highest BCUT2D eigenvalue weighted by Crippen LogP contribution is 2.90. The summed E-state index contributed by atoms with van der Waals surface area (Å²) in [6, 6.07) is 1.50. The zero-order valence-electron chi connectivity index (χ0n) is 31.8. The predicted octanol–water partition coefficient (Wildman–Crippen LogP) is 2.82. The Morgan fingerprint density at radius 1 is 0.870 bits per heavy atom. The molecule has 16 heteroatoms. The summed E-state index contributed by atoms with van der Waals surface area (Å²) in [5.41, 5.74) is -12.0. The first kappa shape index (κ1) is 37.1. The molecule has 4 aliphatic carbocycles. The molecule has 1 aromatic rings. The van der Waals surface area contributed by atoms with Crippen LogP contribution < -0.4 is 0 Å². The number of ketones is 1. The Labute approximate surface area is 311 Å². The molecule has 8 rings (SSSR count). The molecule has 7 fully saturated rings. The van der Waals surface area contributed by atoms with Gasteiger partial charge < -0.3 is 47.0 Å². The number of esters is 5. The van der Waals surface area contributed by atoms with Crippen LogP contribution in [0.4, 0.5) is 0 Å². The van der Waals surface area contributed by atoms with Crippen molar-refractivity contribution in [3.63, 3.8) is 0 Å². The molecule has 13 atom stereocenters. The zero-order valence-corrected chi connectivity index (χ0v) is 31.8. The molecule has 0 amide bonds. The summed E-state index contributed by atoms with van der Waals surface area (Å²) in [6.07, 6.45) is -2.30. The number of fused-ring (bicyclic) bond motifs is 4. The van der Waals surface area contributed by atoms with Gasteiger partial charge in [-0.25, -0.2) is 0 Å². The van der Waals surface area contributed by atoms with Crippen molar-refractivity contribution in [2.75, 3.05) is 20.8 Å². The van der Waals surface area contributed by atoms with E-state index in [1.165, 1.54) is 46.7 Å². The minimum Gasteiger partial charge on any atom is -0.472 e. The van der Waals surface area contributed by atoms with Crippen LogP contribution in [0.2, 0.25) is 0 Å². The minimum absolute atomic E-state index is 0.00626. The van der Waals surface area contributed by atoms with E-state index in [2.05, 4.69) is 0 Å². The Balaban J connectivity index is 1.53. The molecule has 4 heterocycles. The van der Waals surface area contributed by atoms with Gasteiger partial charge in [0.25, 0.3) is 5.97 Å². The molecular formula is C38H46O16. The Kier molecular flexibility index (Phi) is 7.65. The summed E-state index contributed by atoms with van der Waals surface area (Å²) in [5, 5.41) is 0. The van der Waals surface area contributed by atoms with Crippen LogP contribution in [-0.2, 0) is 66.6 Å². The molecular weight excluding hydrogens is 712 g/mol.